The maximum absolute atomic E-state index is 12.6. The molecule has 1 N–H and O–H groups in total. The minimum Gasteiger partial charge on any atom is -0.352 e. The number of hydrogen-bond donors (Lipinski definition) is 1. The van der Waals surface area contributed by atoms with Crippen LogP contribution in [0.5, 0.6) is 0 Å². The summed E-state index contributed by atoms with van der Waals surface area (Å²) in [6.45, 7) is 5.17. The molecule has 1 atom stereocenters. The molecule has 1 saturated heterocycles. The molecular formula is C17H25F3N4. The van der Waals surface area contributed by atoms with E-state index in [9.17, 15) is 13.2 Å². The molecule has 134 valence electrons. The lowest BCUT2D eigenvalue weighted by atomic mass is 10.1. The van der Waals surface area contributed by atoms with Crippen molar-refractivity contribution in [3.63, 3.8) is 0 Å². The zero-order valence-electron chi connectivity index (χ0n) is 14.4. The van der Waals surface area contributed by atoms with E-state index in [2.05, 4.69) is 15.2 Å². The fraction of sp³-hybridized carbons (Fsp3) is 0.588. The van der Waals surface area contributed by atoms with Crippen LogP contribution in [0.2, 0.25) is 0 Å². The average molecular weight is 342 g/mol. The normalized spacial score (nSPS) is 19.6. The van der Waals surface area contributed by atoms with Crippen LogP contribution in [0.3, 0.4) is 0 Å². The second-order valence-corrected chi connectivity index (χ2v) is 6.25. The quantitative estimate of drug-likeness (QED) is 0.674. The van der Waals surface area contributed by atoms with Crippen LogP contribution in [0.1, 0.15) is 24.5 Å². The molecule has 2 rings (SSSR count). The summed E-state index contributed by atoms with van der Waals surface area (Å²) < 4.78 is 37.8. The smallest absolute Gasteiger partial charge is 0.352 e. The molecular weight excluding hydrogens is 317 g/mol. The van der Waals surface area contributed by atoms with E-state index in [4.69, 9.17) is 0 Å². The monoisotopic (exact) mass is 342 g/mol. The van der Waals surface area contributed by atoms with Gasteiger partial charge in [0.2, 0.25) is 0 Å². The van der Waals surface area contributed by atoms with Crippen LogP contribution in [-0.4, -0.2) is 55.5 Å². The standard InChI is InChI=1S/C17H25F3N4/c1-4-21-16(23(2)3)22-15-9-10-24(12-15)11-13-5-7-14(8-6-13)17(18,19)20/h5-8,15H,4,9-12H2,1-3H3,(H,21,22). The average Bonchev–Trinajstić information content (AvgIpc) is 2.93. The van der Waals surface area contributed by atoms with Gasteiger partial charge in [-0.2, -0.15) is 13.2 Å². The van der Waals surface area contributed by atoms with Gasteiger partial charge in [-0.3, -0.25) is 9.89 Å². The van der Waals surface area contributed by atoms with Gasteiger partial charge < -0.3 is 10.2 Å². The van der Waals surface area contributed by atoms with Crippen molar-refractivity contribution < 1.29 is 13.2 Å². The molecule has 0 saturated carbocycles. The van der Waals surface area contributed by atoms with Gasteiger partial charge in [0.25, 0.3) is 0 Å². The van der Waals surface area contributed by atoms with Gasteiger partial charge >= 0.3 is 6.18 Å². The van der Waals surface area contributed by atoms with Crippen LogP contribution in [-0.2, 0) is 12.7 Å². The van der Waals surface area contributed by atoms with Gasteiger partial charge in [-0.1, -0.05) is 12.1 Å². The van der Waals surface area contributed by atoms with E-state index in [0.717, 1.165) is 49.7 Å². The number of benzene rings is 1. The number of alkyl halides is 3. The molecule has 1 aromatic rings. The summed E-state index contributed by atoms with van der Waals surface area (Å²) >= 11 is 0. The lowest BCUT2D eigenvalue weighted by molar-refractivity contribution is -0.137. The molecule has 0 spiro atoms. The fourth-order valence-electron chi connectivity index (χ4n) is 2.80. The molecule has 0 radical (unpaired) electrons. The van der Waals surface area contributed by atoms with Crippen LogP contribution < -0.4 is 5.32 Å². The molecule has 4 nitrogen and oxygen atoms in total. The van der Waals surface area contributed by atoms with Gasteiger partial charge in [0, 0.05) is 46.3 Å². The fourth-order valence-corrected chi connectivity index (χ4v) is 2.80. The first-order chi connectivity index (χ1) is 11.3. The number of likely N-dealkylation sites (tertiary alicyclic amines) is 1. The predicted octanol–water partition coefficient (Wildman–Crippen LogP) is 2.81. The number of guanidine groups is 1. The van der Waals surface area contributed by atoms with Gasteiger partial charge in [0.05, 0.1) is 5.56 Å². The molecule has 1 heterocycles. The van der Waals surface area contributed by atoms with E-state index in [0.29, 0.717) is 12.6 Å². The highest BCUT2D eigenvalue weighted by Crippen LogP contribution is 2.29. The maximum atomic E-state index is 12.6. The van der Waals surface area contributed by atoms with Crippen molar-refractivity contribution in [2.45, 2.75) is 32.1 Å². The second kappa shape index (κ2) is 7.88. The van der Waals surface area contributed by atoms with E-state index in [1.807, 2.05) is 25.9 Å². The minimum atomic E-state index is -4.28. The third-order valence-electron chi connectivity index (χ3n) is 4.02. The Bertz CT molecular complexity index is 552. The van der Waals surface area contributed by atoms with Crippen molar-refractivity contribution in [2.24, 2.45) is 4.99 Å². The number of halogens is 3. The summed E-state index contributed by atoms with van der Waals surface area (Å²) in [7, 11) is 3.91. The first-order valence-corrected chi connectivity index (χ1v) is 8.16. The summed E-state index contributed by atoms with van der Waals surface area (Å²) in [5.74, 6) is 0.874. The Morgan fingerprint density at radius 1 is 1.29 bits per heavy atom. The maximum Gasteiger partial charge on any atom is 0.416 e. The third-order valence-corrected chi connectivity index (χ3v) is 4.02. The molecule has 7 heteroatoms. The van der Waals surface area contributed by atoms with E-state index in [-0.39, 0.29) is 0 Å². The molecule has 1 aliphatic heterocycles. The number of hydrogen-bond acceptors (Lipinski definition) is 2. The predicted molar refractivity (Wildman–Crippen MR) is 89.9 cm³/mol. The first-order valence-electron chi connectivity index (χ1n) is 8.16. The Morgan fingerprint density at radius 2 is 1.96 bits per heavy atom. The van der Waals surface area contributed by atoms with Crippen molar-refractivity contribution in [1.29, 1.82) is 0 Å². The number of rotatable bonds is 4. The van der Waals surface area contributed by atoms with Gasteiger partial charge in [-0.25, -0.2) is 0 Å². The SMILES string of the molecule is CCN=C(NC1CCN(Cc2ccc(C(F)(F)F)cc2)C1)N(C)C. The van der Waals surface area contributed by atoms with Crippen LogP contribution in [0.4, 0.5) is 13.2 Å². The molecule has 0 bridgehead atoms. The lowest BCUT2D eigenvalue weighted by Crippen LogP contribution is -2.44. The lowest BCUT2D eigenvalue weighted by Gasteiger charge is -2.22. The van der Waals surface area contributed by atoms with E-state index in [1.165, 1.54) is 0 Å². The van der Waals surface area contributed by atoms with Crippen molar-refractivity contribution in [1.82, 2.24) is 15.1 Å². The molecule has 0 aliphatic carbocycles. The van der Waals surface area contributed by atoms with Crippen LogP contribution >= 0.6 is 0 Å². The van der Waals surface area contributed by atoms with Crippen molar-refractivity contribution in [2.75, 3.05) is 33.7 Å². The minimum absolute atomic E-state index is 0.312. The molecule has 0 aromatic heterocycles. The summed E-state index contributed by atoms with van der Waals surface area (Å²) in [6.07, 6.45) is -3.28. The van der Waals surface area contributed by atoms with E-state index < -0.39 is 11.7 Å². The highest BCUT2D eigenvalue weighted by Gasteiger charge is 2.30. The Balaban J connectivity index is 1.89. The van der Waals surface area contributed by atoms with Gasteiger partial charge in [0.1, 0.15) is 0 Å². The first kappa shape index (κ1) is 18.6. The summed E-state index contributed by atoms with van der Waals surface area (Å²) in [5, 5.41) is 3.45. The van der Waals surface area contributed by atoms with Crippen LogP contribution in [0, 0.1) is 0 Å². The summed E-state index contributed by atoms with van der Waals surface area (Å²) in [5.41, 5.74) is 0.303. The van der Waals surface area contributed by atoms with Crippen LogP contribution in [0.25, 0.3) is 0 Å². The Morgan fingerprint density at radius 3 is 2.50 bits per heavy atom. The van der Waals surface area contributed by atoms with Crippen LogP contribution in [0.15, 0.2) is 29.3 Å². The van der Waals surface area contributed by atoms with Gasteiger partial charge in [0.15, 0.2) is 5.96 Å². The molecule has 0 amide bonds. The zero-order chi connectivity index (χ0) is 17.7. The van der Waals surface area contributed by atoms with Gasteiger partial charge in [-0.15, -0.1) is 0 Å². The molecule has 1 aliphatic rings. The Kier molecular flexibility index (Phi) is 6.10. The summed E-state index contributed by atoms with van der Waals surface area (Å²) in [6, 6.07) is 5.74. The molecule has 1 aromatic carbocycles. The zero-order valence-corrected chi connectivity index (χ0v) is 14.4. The molecule has 24 heavy (non-hydrogen) atoms. The summed E-state index contributed by atoms with van der Waals surface area (Å²) in [4.78, 5) is 8.65. The van der Waals surface area contributed by atoms with Gasteiger partial charge in [-0.05, 0) is 31.0 Å². The van der Waals surface area contributed by atoms with E-state index >= 15 is 0 Å². The van der Waals surface area contributed by atoms with Crippen molar-refractivity contribution >= 4 is 5.96 Å². The molecule has 1 fully saturated rings. The Labute approximate surface area is 141 Å². The Hall–Kier alpha value is -1.76. The van der Waals surface area contributed by atoms with E-state index in [1.54, 1.807) is 12.1 Å². The largest absolute Gasteiger partial charge is 0.416 e. The topological polar surface area (TPSA) is 30.9 Å². The molecule has 1 unspecified atom stereocenters. The highest BCUT2D eigenvalue weighted by atomic mass is 19.4. The third kappa shape index (κ3) is 5.12. The highest BCUT2D eigenvalue weighted by molar-refractivity contribution is 5.79. The number of aliphatic imine (C=N–C) groups is 1. The van der Waals surface area contributed by atoms with Crippen molar-refractivity contribution in [3.05, 3.63) is 35.4 Å². The second-order valence-electron chi connectivity index (χ2n) is 6.25. The van der Waals surface area contributed by atoms with Crippen molar-refractivity contribution in [3.8, 4) is 0 Å². The number of nitrogens with one attached hydrogen (secondary N) is 1. The number of nitrogens with zero attached hydrogens (tertiary/aromatic N) is 3.